The normalized spacial score (nSPS) is 26.9. The highest BCUT2D eigenvalue weighted by Crippen LogP contribution is 2.40. The first kappa shape index (κ1) is 13.4. The van der Waals surface area contributed by atoms with Gasteiger partial charge in [0.1, 0.15) is 5.75 Å². The standard InChI is InChI=1S/C16H25NO/c1-12-8-13(6-7-14(12)18-5)16(4)9-15(2,3)10-17-11-16/h6-8,17H,9-11H2,1-5H3. The topological polar surface area (TPSA) is 21.3 Å². The molecule has 2 nitrogen and oxygen atoms in total. The predicted molar refractivity (Wildman–Crippen MR) is 76.4 cm³/mol. The van der Waals surface area contributed by atoms with Crippen molar-refractivity contribution in [3.05, 3.63) is 29.3 Å². The van der Waals surface area contributed by atoms with E-state index in [2.05, 4.69) is 51.2 Å². The molecular weight excluding hydrogens is 222 g/mol. The molecular formula is C16H25NO. The van der Waals surface area contributed by atoms with E-state index in [1.54, 1.807) is 7.11 Å². The number of methoxy groups -OCH3 is 1. The van der Waals surface area contributed by atoms with Crippen molar-refractivity contribution in [2.45, 2.75) is 39.5 Å². The zero-order valence-corrected chi connectivity index (χ0v) is 12.3. The Morgan fingerprint density at radius 1 is 1.17 bits per heavy atom. The molecule has 1 aliphatic rings. The SMILES string of the molecule is COc1ccc(C2(C)CNCC(C)(C)C2)cc1C. The summed E-state index contributed by atoms with van der Waals surface area (Å²) in [4.78, 5) is 0. The van der Waals surface area contributed by atoms with Gasteiger partial charge in [-0.25, -0.2) is 0 Å². The number of ether oxygens (including phenoxy) is 1. The summed E-state index contributed by atoms with van der Waals surface area (Å²) in [5.74, 6) is 0.977. The van der Waals surface area contributed by atoms with Gasteiger partial charge in [-0.1, -0.05) is 32.9 Å². The molecule has 0 aromatic heterocycles. The van der Waals surface area contributed by atoms with E-state index >= 15 is 0 Å². The molecule has 0 saturated carbocycles. The molecule has 1 atom stereocenters. The molecule has 100 valence electrons. The van der Waals surface area contributed by atoms with Crippen LogP contribution in [-0.4, -0.2) is 20.2 Å². The Bertz CT molecular complexity index is 439. The molecule has 18 heavy (non-hydrogen) atoms. The van der Waals surface area contributed by atoms with Crippen LogP contribution < -0.4 is 10.1 Å². The van der Waals surface area contributed by atoms with E-state index in [-0.39, 0.29) is 5.41 Å². The number of hydrogen-bond donors (Lipinski definition) is 1. The zero-order chi connectivity index (χ0) is 13.4. The number of nitrogens with one attached hydrogen (secondary N) is 1. The summed E-state index contributed by atoms with van der Waals surface area (Å²) in [6.07, 6.45) is 1.22. The van der Waals surface area contributed by atoms with Crippen molar-refractivity contribution in [2.24, 2.45) is 5.41 Å². The minimum absolute atomic E-state index is 0.221. The summed E-state index contributed by atoms with van der Waals surface area (Å²) in [5.41, 5.74) is 3.22. The Labute approximate surface area is 111 Å². The van der Waals surface area contributed by atoms with Gasteiger partial charge in [0, 0.05) is 18.5 Å². The Balaban J connectivity index is 2.32. The first-order valence-corrected chi connectivity index (χ1v) is 6.72. The lowest BCUT2D eigenvalue weighted by molar-refractivity contribution is 0.179. The molecule has 0 spiro atoms. The van der Waals surface area contributed by atoms with Crippen LogP contribution in [0, 0.1) is 12.3 Å². The fraction of sp³-hybridized carbons (Fsp3) is 0.625. The van der Waals surface area contributed by atoms with Crippen molar-refractivity contribution < 1.29 is 4.74 Å². The van der Waals surface area contributed by atoms with E-state index in [1.807, 2.05) is 0 Å². The fourth-order valence-electron chi connectivity index (χ4n) is 3.32. The van der Waals surface area contributed by atoms with Gasteiger partial charge in [0.15, 0.2) is 0 Å². The maximum Gasteiger partial charge on any atom is 0.121 e. The Morgan fingerprint density at radius 2 is 1.89 bits per heavy atom. The van der Waals surface area contributed by atoms with Crippen LogP contribution in [0.1, 0.15) is 38.3 Å². The van der Waals surface area contributed by atoms with E-state index in [0.29, 0.717) is 5.41 Å². The molecule has 1 saturated heterocycles. The van der Waals surface area contributed by atoms with Gasteiger partial charge >= 0.3 is 0 Å². The summed E-state index contributed by atoms with van der Waals surface area (Å²) in [7, 11) is 1.73. The molecule has 0 aliphatic carbocycles. The fourth-order valence-corrected chi connectivity index (χ4v) is 3.32. The summed E-state index contributed by atoms with van der Waals surface area (Å²) >= 11 is 0. The molecule has 1 fully saturated rings. The number of aryl methyl sites for hydroxylation is 1. The third-order valence-corrected chi connectivity index (χ3v) is 4.08. The third kappa shape index (κ3) is 2.54. The number of piperidine rings is 1. The van der Waals surface area contributed by atoms with Crippen LogP contribution in [-0.2, 0) is 5.41 Å². The average molecular weight is 247 g/mol. The highest BCUT2D eigenvalue weighted by atomic mass is 16.5. The van der Waals surface area contributed by atoms with Gasteiger partial charge in [-0.05, 0) is 36.0 Å². The first-order chi connectivity index (χ1) is 8.36. The lowest BCUT2D eigenvalue weighted by atomic mass is 9.67. The summed E-state index contributed by atoms with van der Waals surface area (Å²) in [6.45, 7) is 11.3. The number of hydrogen-bond acceptors (Lipinski definition) is 2. The molecule has 1 N–H and O–H groups in total. The van der Waals surface area contributed by atoms with E-state index in [1.165, 1.54) is 17.5 Å². The van der Waals surface area contributed by atoms with Crippen LogP contribution in [0.4, 0.5) is 0 Å². The maximum absolute atomic E-state index is 5.35. The third-order valence-electron chi connectivity index (χ3n) is 4.08. The van der Waals surface area contributed by atoms with Crippen molar-refractivity contribution >= 4 is 0 Å². The van der Waals surface area contributed by atoms with Crippen molar-refractivity contribution in [1.29, 1.82) is 0 Å². The molecule has 1 heterocycles. The molecule has 1 aliphatic heterocycles. The van der Waals surface area contributed by atoms with E-state index in [4.69, 9.17) is 4.74 Å². The van der Waals surface area contributed by atoms with Gasteiger partial charge in [0.05, 0.1) is 7.11 Å². The van der Waals surface area contributed by atoms with E-state index in [9.17, 15) is 0 Å². The van der Waals surface area contributed by atoms with Crippen LogP contribution in [0.2, 0.25) is 0 Å². The lowest BCUT2D eigenvalue weighted by Gasteiger charge is -2.44. The second-order valence-electron chi connectivity index (χ2n) is 6.69. The predicted octanol–water partition coefficient (Wildman–Crippen LogP) is 3.28. The second-order valence-corrected chi connectivity index (χ2v) is 6.69. The van der Waals surface area contributed by atoms with Crippen LogP contribution >= 0.6 is 0 Å². The van der Waals surface area contributed by atoms with Crippen LogP contribution in [0.15, 0.2) is 18.2 Å². The van der Waals surface area contributed by atoms with Crippen molar-refractivity contribution in [3.8, 4) is 5.75 Å². The maximum atomic E-state index is 5.35. The van der Waals surface area contributed by atoms with Crippen molar-refractivity contribution in [3.63, 3.8) is 0 Å². The summed E-state index contributed by atoms with van der Waals surface area (Å²) < 4.78 is 5.35. The van der Waals surface area contributed by atoms with Crippen LogP contribution in [0.5, 0.6) is 5.75 Å². The van der Waals surface area contributed by atoms with Gasteiger partial charge in [-0.15, -0.1) is 0 Å². The van der Waals surface area contributed by atoms with Crippen LogP contribution in [0.25, 0.3) is 0 Å². The summed E-state index contributed by atoms with van der Waals surface area (Å²) in [5, 5.41) is 3.58. The average Bonchev–Trinajstić information content (AvgIpc) is 2.27. The highest BCUT2D eigenvalue weighted by Gasteiger charge is 2.37. The molecule has 0 radical (unpaired) electrons. The van der Waals surface area contributed by atoms with Gasteiger partial charge < -0.3 is 10.1 Å². The Hall–Kier alpha value is -1.02. The molecule has 1 aromatic carbocycles. The van der Waals surface area contributed by atoms with Gasteiger partial charge in [-0.3, -0.25) is 0 Å². The minimum atomic E-state index is 0.221. The molecule has 1 unspecified atom stereocenters. The quantitative estimate of drug-likeness (QED) is 0.866. The molecule has 0 amide bonds. The van der Waals surface area contributed by atoms with Gasteiger partial charge in [0.25, 0.3) is 0 Å². The largest absolute Gasteiger partial charge is 0.496 e. The Morgan fingerprint density at radius 3 is 2.44 bits per heavy atom. The lowest BCUT2D eigenvalue weighted by Crippen LogP contribution is -2.49. The van der Waals surface area contributed by atoms with E-state index in [0.717, 1.165) is 18.8 Å². The molecule has 0 bridgehead atoms. The summed E-state index contributed by atoms with van der Waals surface area (Å²) in [6, 6.07) is 6.59. The number of rotatable bonds is 2. The van der Waals surface area contributed by atoms with Crippen molar-refractivity contribution in [2.75, 3.05) is 20.2 Å². The smallest absolute Gasteiger partial charge is 0.121 e. The molecule has 2 rings (SSSR count). The molecule has 1 aromatic rings. The monoisotopic (exact) mass is 247 g/mol. The Kier molecular flexibility index (Phi) is 3.41. The zero-order valence-electron chi connectivity index (χ0n) is 12.3. The highest BCUT2D eigenvalue weighted by molar-refractivity contribution is 5.39. The molecule has 2 heteroatoms. The van der Waals surface area contributed by atoms with Crippen LogP contribution in [0.3, 0.4) is 0 Å². The minimum Gasteiger partial charge on any atom is -0.496 e. The van der Waals surface area contributed by atoms with Crippen molar-refractivity contribution in [1.82, 2.24) is 5.32 Å². The van der Waals surface area contributed by atoms with Gasteiger partial charge in [0.2, 0.25) is 0 Å². The van der Waals surface area contributed by atoms with E-state index < -0.39 is 0 Å². The van der Waals surface area contributed by atoms with Gasteiger partial charge in [-0.2, -0.15) is 0 Å². The second kappa shape index (κ2) is 4.58. The number of benzene rings is 1. The first-order valence-electron chi connectivity index (χ1n) is 6.72.